The maximum absolute atomic E-state index is 14.3. The molecule has 468 valence electrons. The minimum absolute atomic E-state index is 0.0363. The summed E-state index contributed by atoms with van der Waals surface area (Å²) < 4.78 is 36.3. The standard InChI is InChI=1S/C64H94N8O12S/c1-5-6-7-8-9-10-11-12-13-14-15-16-17-18-19-20-21-22-41-84-59(73)38-23-45(2)54-36-37-55-60-56(44-58(64(54,55)4)68-62(75)66-48-26-30-51(31-27-48)71(78)79)63(3)40-39-49(69-85(82,83)53-34-32-52(33-35-53)72(80)81)42-46(63)43-57(60)67-61(74)65-47-24-28-50(29-25-47)70(76)77/h24-35,45-46,49,54-58,60,69H,5-23,36-44H2,1-4H3,(H2,65,67,74)(H2,66,68,75)/t45-,46+,49-,54-,55+,56+,57-,58+,60+,63+,64-/m1/s1. The quantitative estimate of drug-likeness (QED) is 0.0165. The molecular weight excluding hydrogens is 1100 g/mol. The number of nitro groups is 3. The Bertz CT molecular complexity index is 2810. The number of ether oxygens (including phenoxy) is 1. The number of carbonyl (C=O) groups excluding carboxylic acids is 3. The molecular formula is C64H94N8O12S. The number of urea groups is 2. The van der Waals surface area contributed by atoms with Crippen LogP contribution in [0.1, 0.15) is 201 Å². The number of amides is 4. The number of non-ortho nitro benzene ring substituents is 3. The second-order valence-electron chi connectivity index (χ2n) is 25.6. The number of esters is 1. The molecule has 0 saturated heterocycles. The second kappa shape index (κ2) is 31.4. The lowest BCUT2D eigenvalue weighted by molar-refractivity contribution is -0.385. The Labute approximate surface area is 502 Å². The Hall–Kier alpha value is -6.22. The maximum Gasteiger partial charge on any atom is 0.319 e. The normalized spacial score (nSPS) is 25.5. The van der Waals surface area contributed by atoms with E-state index in [2.05, 4.69) is 53.7 Å². The van der Waals surface area contributed by atoms with Crippen molar-refractivity contribution in [2.75, 3.05) is 17.2 Å². The Morgan fingerprint density at radius 3 is 1.58 bits per heavy atom. The molecule has 3 aromatic rings. The van der Waals surface area contributed by atoms with Crippen LogP contribution >= 0.6 is 0 Å². The fraction of sp³-hybridized carbons (Fsp3) is 0.672. The van der Waals surface area contributed by atoms with E-state index in [-0.39, 0.29) is 75.3 Å². The van der Waals surface area contributed by atoms with E-state index >= 15 is 0 Å². The Morgan fingerprint density at radius 2 is 1.08 bits per heavy atom. The predicted molar refractivity (Wildman–Crippen MR) is 329 cm³/mol. The highest BCUT2D eigenvalue weighted by Gasteiger charge is 2.66. The number of unbranched alkanes of at least 4 members (excludes halogenated alkanes) is 17. The molecule has 4 fully saturated rings. The molecule has 0 spiro atoms. The van der Waals surface area contributed by atoms with E-state index in [0.717, 1.165) is 44.2 Å². The first-order valence-electron chi connectivity index (χ1n) is 31.8. The van der Waals surface area contributed by atoms with Gasteiger partial charge in [0.15, 0.2) is 0 Å². The van der Waals surface area contributed by atoms with E-state index in [0.29, 0.717) is 56.5 Å². The first-order chi connectivity index (χ1) is 40.7. The van der Waals surface area contributed by atoms with Gasteiger partial charge in [0, 0.05) is 72.3 Å². The van der Waals surface area contributed by atoms with Gasteiger partial charge in [0.1, 0.15) is 0 Å². The van der Waals surface area contributed by atoms with Crippen LogP contribution in [0.15, 0.2) is 77.7 Å². The minimum Gasteiger partial charge on any atom is -0.466 e. The number of hydrogen-bond donors (Lipinski definition) is 5. The van der Waals surface area contributed by atoms with Crippen molar-refractivity contribution in [1.29, 1.82) is 0 Å². The van der Waals surface area contributed by atoms with Gasteiger partial charge in [-0.25, -0.2) is 22.7 Å². The predicted octanol–water partition coefficient (Wildman–Crippen LogP) is 15.3. The van der Waals surface area contributed by atoms with Crippen LogP contribution in [0.25, 0.3) is 0 Å². The topological polar surface area (TPSA) is 284 Å². The van der Waals surface area contributed by atoms with Crippen molar-refractivity contribution < 1.29 is 42.3 Å². The zero-order chi connectivity index (χ0) is 61.2. The zero-order valence-electron chi connectivity index (χ0n) is 50.6. The van der Waals surface area contributed by atoms with Crippen LogP contribution in [0.3, 0.4) is 0 Å². The highest BCUT2D eigenvalue weighted by atomic mass is 32.2. The van der Waals surface area contributed by atoms with Gasteiger partial charge in [-0.2, -0.15) is 0 Å². The fourth-order valence-corrected chi connectivity index (χ4v) is 16.8. The third-order valence-corrected chi connectivity index (χ3v) is 21.7. The van der Waals surface area contributed by atoms with Crippen molar-refractivity contribution in [2.45, 2.75) is 224 Å². The summed E-state index contributed by atoms with van der Waals surface area (Å²) in [6.45, 7) is 9.32. The number of nitrogens with zero attached hydrogens (tertiary/aromatic N) is 3. The molecule has 5 N–H and O–H groups in total. The summed E-state index contributed by atoms with van der Waals surface area (Å²) in [6, 6.07) is 13.7. The number of nitro benzene ring substituents is 3. The van der Waals surface area contributed by atoms with E-state index < -0.39 is 60.4 Å². The van der Waals surface area contributed by atoms with Gasteiger partial charge in [0.2, 0.25) is 10.0 Å². The molecule has 4 saturated carbocycles. The second-order valence-corrected chi connectivity index (χ2v) is 27.3. The van der Waals surface area contributed by atoms with Crippen molar-refractivity contribution in [3.8, 4) is 0 Å². The Kier molecular flexibility index (Phi) is 24.5. The molecule has 20 nitrogen and oxygen atoms in total. The average molecular weight is 1200 g/mol. The monoisotopic (exact) mass is 1200 g/mol. The molecule has 0 heterocycles. The molecule has 0 radical (unpaired) electrons. The first kappa shape index (κ1) is 66.3. The molecule has 0 aromatic heterocycles. The van der Waals surface area contributed by atoms with Gasteiger partial charge >= 0.3 is 18.0 Å². The fourth-order valence-electron chi connectivity index (χ4n) is 15.5. The number of fused-ring (bicyclic) bond motifs is 5. The van der Waals surface area contributed by atoms with Crippen molar-refractivity contribution in [3.63, 3.8) is 0 Å². The van der Waals surface area contributed by atoms with E-state index in [9.17, 15) is 53.1 Å². The van der Waals surface area contributed by atoms with Crippen molar-refractivity contribution in [2.24, 2.45) is 46.3 Å². The third kappa shape index (κ3) is 17.9. The summed E-state index contributed by atoms with van der Waals surface area (Å²) >= 11 is 0. The third-order valence-electron chi connectivity index (χ3n) is 20.2. The largest absolute Gasteiger partial charge is 0.466 e. The zero-order valence-corrected chi connectivity index (χ0v) is 51.4. The summed E-state index contributed by atoms with van der Waals surface area (Å²) in [4.78, 5) is 74.5. The molecule has 4 aliphatic rings. The van der Waals surface area contributed by atoms with Gasteiger partial charge in [-0.1, -0.05) is 137 Å². The summed E-state index contributed by atoms with van der Waals surface area (Å²) in [6.07, 6.45) is 28.0. The van der Waals surface area contributed by atoms with Gasteiger partial charge in [0.25, 0.3) is 17.1 Å². The molecule has 3 aromatic carbocycles. The van der Waals surface area contributed by atoms with Crippen LogP contribution < -0.4 is 26.0 Å². The number of anilines is 2. The molecule has 4 amide bonds. The smallest absolute Gasteiger partial charge is 0.319 e. The average Bonchev–Trinajstić information content (AvgIpc) is 1.70. The number of hydrogen-bond acceptors (Lipinski definition) is 12. The van der Waals surface area contributed by atoms with E-state index in [4.69, 9.17) is 4.74 Å². The van der Waals surface area contributed by atoms with E-state index in [1.165, 1.54) is 157 Å². The van der Waals surface area contributed by atoms with Gasteiger partial charge in [-0.15, -0.1) is 0 Å². The lowest BCUT2D eigenvalue weighted by atomic mass is 9.42. The summed E-state index contributed by atoms with van der Waals surface area (Å²) in [7, 11) is -4.09. The highest BCUT2D eigenvalue weighted by molar-refractivity contribution is 7.89. The highest BCUT2D eigenvalue weighted by Crippen LogP contribution is 2.68. The maximum atomic E-state index is 14.3. The molecule has 0 bridgehead atoms. The van der Waals surface area contributed by atoms with Crippen molar-refractivity contribution >= 4 is 56.5 Å². The SMILES string of the molecule is CCCCCCCCCCCCCCCCCCCCOC(=O)CC[C@@H](C)[C@H]1CC[C@H]2[C@@H]3[C@H](NC(=O)Nc4ccc([N+](=O)[O-])cc4)C[C@@H]4C[C@H](NS(=O)(=O)c5ccc([N+](=O)[O-])cc5)CC[C@]4(C)[C@H]3C[C@H](NC(=O)Nc3ccc([N+](=O)[O-])cc3)[C@]12C. The first-order valence-corrected chi connectivity index (χ1v) is 33.3. The molecule has 85 heavy (non-hydrogen) atoms. The number of sulfonamides is 1. The van der Waals surface area contributed by atoms with Crippen LogP contribution in [-0.2, 0) is 19.6 Å². The minimum atomic E-state index is -4.09. The van der Waals surface area contributed by atoms with Crippen molar-refractivity contribution in [3.05, 3.63) is 103 Å². The number of carbonyl (C=O) groups is 3. The summed E-state index contributed by atoms with van der Waals surface area (Å²) in [5.41, 5.74) is -0.678. The number of rotatable bonds is 33. The molecule has 0 aliphatic heterocycles. The lowest BCUT2D eigenvalue weighted by Crippen LogP contribution is -2.68. The number of nitrogens with one attached hydrogen (secondary N) is 5. The summed E-state index contributed by atoms with van der Waals surface area (Å²) in [5, 5.41) is 46.8. The van der Waals surface area contributed by atoms with Gasteiger partial charge in [0.05, 0.1) is 26.3 Å². The molecule has 7 rings (SSSR count). The lowest BCUT2D eigenvalue weighted by Gasteiger charge is -2.65. The van der Waals surface area contributed by atoms with Crippen molar-refractivity contribution in [1.82, 2.24) is 15.4 Å². The number of benzene rings is 3. The van der Waals surface area contributed by atoms with Crippen LogP contribution in [0.2, 0.25) is 0 Å². The van der Waals surface area contributed by atoms with Crippen LogP contribution in [-0.4, -0.2) is 66.0 Å². The Morgan fingerprint density at radius 1 is 0.612 bits per heavy atom. The molecule has 4 aliphatic carbocycles. The van der Waals surface area contributed by atoms with Crippen LogP contribution in [0, 0.1) is 76.7 Å². The molecule has 11 atom stereocenters. The van der Waals surface area contributed by atoms with Crippen LogP contribution in [0.4, 0.5) is 38.0 Å². The van der Waals surface area contributed by atoms with Gasteiger partial charge < -0.3 is 26.0 Å². The van der Waals surface area contributed by atoms with Gasteiger partial charge in [-0.3, -0.25) is 35.1 Å². The molecule has 21 heteroatoms. The van der Waals surface area contributed by atoms with E-state index in [1.54, 1.807) is 0 Å². The van der Waals surface area contributed by atoms with E-state index in [1.807, 2.05) is 0 Å². The summed E-state index contributed by atoms with van der Waals surface area (Å²) in [5.74, 6) is -0.500. The molecule has 0 unspecified atom stereocenters. The van der Waals surface area contributed by atoms with Crippen LogP contribution in [0.5, 0.6) is 0 Å². The Balaban J connectivity index is 1.01. The van der Waals surface area contributed by atoms with Gasteiger partial charge in [-0.05, 0) is 141 Å².